The van der Waals surface area contributed by atoms with E-state index in [1.807, 2.05) is 50.2 Å². The third-order valence-corrected chi connectivity index (χ3v) is 4.25. The van der Waals surface area contributed by atoms with Crippen molar-refractivity contribution < 1.29 is 14.3 Å². The minimum atomic E-state index is -0.679. The first-order valence-electron chi connectivity index (χ1n) is 7.63. The number of benzene rings is 2. The molecule has 0 radical (unpaired) electrons. The Morgan fingerprint density at radius 3 is 2.42 bits per heavy atom. The molecule has 0 fully saturated rings. The molecule has 2 aromatic carbocycles. The summed E-state index contributed by atoms with van der Waals surface area (Å²) >= 11 is 6.03. The first kappa shape index (κ1) is 18.1. The van der Waals surface area contributed by atoms with E-state index in [0.29, 0.717) is 23.1 Å². The van der Waals surface area contributed by atoms with Gasteiger partial charge in [0, 0.05) is 11.6 Å². The number of hydrogen-bond donors (Lipinski definition) is 1. The van der Waals surface area contributed by atoms with E-state index in [9.17, 15) is 4.79 Å². The number of amides is 1. The standard InChI is InChI=1S/C19H22ClNO3/c1-19(2,14-6-5-7-15(20)11-14)18(22)21-12-13-8-9-16(23-3)17(10-13)24-4/h5-11H,12H2,1-4H3,(H,21,22). The van der Waals surface area contributed by atoms with Gasteiger partial charge in [0.05, 0.1) is 19.6 Å². The van der Waals surface area contributed by atoms with E-state index in [1.54, 1.807) is 20.3 Å². The van der Waals surface area contributed by atoms with E-state index in [4.69, 9.17) is 21.1 Å². The van der Waals surface area contributed by atoms with Crippen molar-refractivity contribution in [1.29, 1.82) is 0 Å². The highest BCUT2D eigenvalue weighted by Gasteiger charge is 2.29. The van der Waals surface area contributed by atoms with E-state index in [-0.39, 0.29) is 5.91 Å². The molecule has 0 aliphatic carbocycles. The van der Waals surface area contributed by atoms with Crippen LogP contribution in [0.15, 0.2) is 42.5 Å². The molecule has 0 aliphatic heterocycles. The molecule has 0 saturated heterocycles. The lowest BCUT2D eigenvalue weighted by Crippen LogP contribution is -2.39. The second-order valence-electron chi connectivity index (χ2n) is 6.01. The van der Waals surface area contributed by atoms with Gasteiger partial charge in [-0.15, -0.1) is 0 Å². The molecule has 1 amide bonds. The van der Waals surface area contributed by atoms with Crippen LogP contribution in [-0.4, -0.2) is 20.1 Å². The number of nitrogens with one attached hydrogen (secondary N) is 1. The van der Waals surface area contributed by atoms with Crippen LogP contribution in [0.2, 0.25) is 5.02 Å². The number of methoxy groups -OCH3 is 2. The van der Waals surface area contributed by atoms with Gasteiger partial charge >= 0.3 is 0 Å². The van der Waals surface area contributed by atoms with E-state index < -0.39 is 5.41 Å². The van der Waals surface area contributed by atoms with Gasteiger partial charge in [0.1, 0.15) is 0 Å². The zero-order valence-electron chi connectivity index (χ0n) is 14.4. The summed E-state index contributed by atoms with van der Waals surface area (Å²) < 4.78 is 10.5. The van der Waals surface area contributed by atoms with Gasteiger partial charge in [0.15, 0.2) is 11.5 Å². The maximum absolute atomic E-state index is 12.6. The molecule has 1 N–H and O–H groups in total. The molecule has 5 heteroatoms. The predicted molar refractivity (Wildman–Crippen MR) is 95.9 cm³/mol. The van der Waals surface area contributed by atoms with Crippen molar-refractivity contribution in [3.63, 3.8) is 0 Å². The summed E-state index contributed by atoms with van der Waals surface area (Å²) in [6, 6.07) is 12.9. The van der Waals surface area contributed by atoms with Crippen LogP contribution in [-0.2, 0) is 16.8 Å². The molecular formula is C19H22ClNO3. The highest BCUT2D eigenvalue weighted by Crippen LogP contribution is 2.28. The summed E-state index contributed by atoms with van der Waals surface area (Å²) in [5.41, 5.74) is 1.13. The lowest BCUT2D eigenvalue weighted by atomic mass is 9.83. The predicted octanol–water partition coefficient (Wildman–Crippen LogP) is 3.95. The van der Waals surface area contributed by atoms with Gasteiger partial charge in [-0.1, -0.05) is 29.8 Å². The van der Waals surface area contributed by atoms with E-state index >= 15 is 0 Å². The smallest absolute Gasteiger partial charge is 0.230 e. The number of carbonyl (C=O) groups excluding carboxylic acids is 1. The summed E-state index contributed by atoms with van der Waals surface area (Å²) in [4.78, 5) is 12.6. The molecule has 0 aromatic heterocycles. The lowest BCUT2D eigenvalue weighted by Gasteiger charge is -2.24. The maximum atomic E-state index is 12.6. The Morgan fingerprint density at radius 1 is 1.08 bits per heavy atom. The summed E-state index contributed by atoms with van der Waals surface area (Å²) in [7, 11) is 3.18. The van der Waals surface area contributed by atoms with Crippen LogP contribution in [0.4, 0.5) is 0 Å². The Morgan fingerprint density at radius 2 is 1.79 bits per heavy atom. The Hall–Kier alpha value is -2.20. The summed E-state index contributed by atoms with van der Waals surface area (Å²) in [5.74, 6) is 1.23. The average Bonchev–Trinajstić information content (AvgIpc) is 2.59. The van der Waals surface area contributed by atoms with Crippen LogP contribution in [0, 0.1) is 0 Å². The quantitative estimate of drug-likeness (QED) is 0.860. The molecule has 128 valence electrons. The summed E-state index contributed by atoms with van der Waals surface area (Å²) in [6.07, 6.45) is 0. The highest BCUT2D eigenvalue weighted by molar-refractivity contribution is 6.30. The van der Waals surface area contributed by atoms with E-state index in [1.165, 1.54) is 0 Å². The number of ether oxygens (including phenoxy) is 2. The normalized spacial score (nSPS) is 11.0. The van der Waals surface area contributed by atoms with Gasteiger partial charge in [0.2, 0.25) is 5.91 Å². The van der Waals surface area contributed by atoms with Crippen LogP contribution in [0.3, 0.4) is 0 Å². The fraction of sp³-hybridized carbons (Fsp3) is 0.316. The molecule has 0 atom stereocenters. The van der Waals surface area contributed by atoms with Crippen LogP contribution in [0.5, 0.6) is 11.5 Å². The van der Waals surface area contributed by atoms with Crippen molar-refractivity contribution in [1.82, 2.24) is 5.32 Å². The zero-order chi connectivity index (χ0) is 17.7. The fourth-order valence-electron chi connectivity index (χ4n) is 2.40. The van der Waals surface area contributed by atoms with Crippen molar-refractivity contribution in [2.24, 2.45) is 0 Å². The molecule has 2 aromatic rings. The first-order valence-corrected chi connectivity index (χ1v) is 8.01. The number of carbonyl (C=O) groups is 1. The molecular weight excluding hydrogens is 326 g/mol. The van der Waals surface area contributed by atoms with Crippen LogP contribution < -0.4 is 14.8 Å². The summed E-state index contributed by atoms with van der Waals surface area (Å²) in [5, 5.41) is 3.59. The molecule has 4 nitrogen and oxygen atoms in total. The number of hydrogen-bond acceptors (Lipinski definition) is 3. The molecule has 0 heterocycles. The third-order valence-electron chi connectivity index (χ3n) is 4.01. The molecule has 0 unspecified atom stereocenters. The second kappa shape index (κ2) is 7.58. The lowest BCUT2D eigenvalue weighted by molar-refractivity contribution is -0.125. The average molecular weight is 348 g/mol. The maximum Gasteiger partial charge on any atom is 0.230 e. The van der Waals surface area contributed by atoms with Crippen LogP contribution in [0.1, 0.15) is 25.0 Å². The number of halogens is 1. The molecule has 2 rings (SSSR count). The van der Waals surface area contributed by atoms with Gasteiger partial charge < -0.3 is 14.8 Å². The topological polar surface area (TPSA) is 47.6 Å². The minimum Gasteiger partial charge on any atom is -0.493 e. The first-order chi connectivity index (χ1) is 11.4. The second-order valence-corrected chi connectivity index (χ2v) is 6.44. The van der Waals surface area contributed by atoms with Crippen molar-refractivity contribution in [3.05, 3.63) is 58.6 Å². The van der Waals surface area contributed by atoms with Crippen molar-refractivity contribution in [3.8, 4) is 11.5 Å². The Bertz CT molecular complexity index is 728. The SMILES string of the molecule is COc1ccc(CNC(=O)C(C)(C)c2cccc(Cl)c2)cc1OC. The molecule has 0 aliphatic rings. The van der Waals surface area contributed by atoms with Crippen LogP contribution >= 0.6 is 11.6 Å². The van der Waals surface area contributed by atoms with Gasteiger partial charge in [0.25, 0.3) is 0 Å². The number of rotatable bonds is 6. The largest absolute Gasteiger partial charge is 0.493 e. The van der Waals surface area contributed by atoms with Crippen LogP contribution in [0.25, 0.3) is 0 Å². The summed E-state index contributed by atoms with van der Waals surface area (Å²) in [6.45, 7) is 4.16. The van der Waals surface area contributed by atoms with Crippen molar-refractivity contribution in [2.45, 2.75) is 25.8 Å². The van der Waals surface area contributed by atoms with Gasteiger partial charge in [-0.2, -0.15) is 0 Å². The third kappa shape index (κ3) is 4.01. The minimum absolute atomic E-state index is 0.0699. The van der Waals surface area contributed by atoms with E-state index in [0.717, 1.165) is 11.1 Å². The Kier molecular flexibility index (Phi) is 5.73. The highest BCUT2D eigenvalue weighted by atomic mass is 35.5. The van der Waals surface area contributed by atoms with Gasteiger partial charge in [-0.25, -0.2) is 0 Å². The molecule has 0 saturated carbocycles. The van der Waals surface area contributed by atoms with Crippen molar-refractivity contribution >= 4 is 17.5 Å². The fourth-order valence-corrected chi connectivity index (χ4v) is 2.59. The molecule has 0 bridgehead atoms. The monoisotopic (exact) mass is 347 g/mol. The van der Waals surface area contributed by atoms with Gasteiger partial charge in [-0.3, -0.25) is 4.79 Å². The Balaban J connectivity index is 2.10. The van der Waals surface area contributed by atoms with E-state index in [2.05, 4.69) is 5.32 Å². The molecule has 0 spiro atoms. The Labute approximate surface area is 147 Å². The van der Waals surface area contributed by atoms with Crippen molar-refractivity contribution in [2.75, 3.05) is 14.2 Å². The zero-order valence-corrected chi connectivity index (χ0v) is 15.1. The van der Waals surface area contributed by atoms with Gasteiger partial charge in [-0.05, 0) is 49.2 Å². The molecule has 24 heavy (non-hydrogen) atoms.